The highest BCUT2D eigenvalue weighted by atomic mass is 19.4. The minimum absolute atomic E-state index is 0.0802. The van der Waals surface area contributed by atoms with E-state index in [1.165, 1.54) is 25.1 Å². The first-order valence-corrected chi connectivity index (χ1v) is 5.51. The van der Waals surface area contributed by atoms with Crippen molar-refractivity contribution in [3.63, 3.8) is 0 Å². The number of carboxylic acids is 1. The van der Waals surface area contributed by atoms with Crippen LogP contribution in [0.2, 0.25) is 0 Å². The van der Waals surface area contributed by atoms with E-state index in [-0.39, 0.29) is 12.0 Å². The summed E-state index contributed by atoms with van der Waals surface area (Å²) in [6, 6.07) is 4.94. The molecule has 0 amide bonds. The molecule has 0 aromatic heterocycles. The molecule has 2 atom stereocenters. The second-order valence-corrected chi connectivity index (χ2v) is 3.88. The Balaban J connectivity index is 3.09. The Labute approximate surface area is 107 Å². The van der Waals surface area contributed by atoms with Crippen LogP contribution < -0.4 is 4.74 Å². The molecule has 1 rings (SSSR count). The Hall–Kier alpha value is -1.76. The minimum atomic E-state index is -4.90. The van der Waals surface area contributed by atoms with E-state index in [1.807, 2.05) is 0 Å². The van der Waals surface area contributed by atoms with E-state index in [1.54, 1.807) is 0 Å². The molecule has 2 unspecified atom stereocenters. The van der Waals surface area contributed by atoms with Crippen molar-refractivity contribution in [2.24, 2.45) is 5.92 Å². The summed E-state index contributed by atoms with van der Waals surface area (Å²) in [4.78, 5) is 10.9. The van der Waals surface area contributed by atoms with Crippen LogP contribution in [-0.4, -0.2) is 22.5 Å². The number of ether oxygens (including phenoxy) is 1. The smallest absolute Gasteiger partial charge is 0.481 e. The Morgan fingerprint density at radius 3 is 2.42 bits per heavy atom. The molecule has 0 fully saturated rings. The Morgan fingerprint density at radius 2 is 1.95 bits per heavy atom. The quantitative estimate of drug-likeness (QED) is 0.869. The molecule has 0 saturated heterocycles. The Bertz CT molecular complexity index is 445. The van der Waals surface area contributed by atoms with Crippen LogP contribution in [0.25, 0.3) is 0 Å². The second kappa shape index (κ2) is 5.92. The van der Waals surface area contributed by atoms with E-state index >= 15 is 0 Å². The molecule has 0 saturated carbocycles. The van der Waals surface area contributed by atoms with Gasteiger partial charge in [-0.1, -0.05) is 25.1 Å². The van der Waals surface area contributed by atoms with Crippen LogP contribution in [0.5, 0.6) is 5.75 Å². The van der Waals surface area contributed by atoms with Gasteiger partial charge in [-0.05, 0) is 12.5 Å². The number of carboxylic acid groups (broad SMARTS) is 1. The van der Waals surface area contributed by atoms with Crippen molar-refractivity contribution in [1.82, 2.24) is 0 Å². The lowest BCUT2D eigenvalue weighted by atomic mass is 9.93. The third-order valence-electron chi connectivity index (χ3n) is 2.60. The number of carbonyl (C=O) groups is 1. The fourth-order valence-corrected chi connectivity index (χ4v) is 1.69. The zero-order chi connectivity index (χ0) is 14.6. The van der Waals surface area contributed by atoms with Gasteiger partial charge in [0.1, 0.15) is 5.75 Å². The molecule has 1 aromatic rings. The Kier molecular flexibility index (Phi) is 4.77. The zero-order valence-electron chi connectivity index (χ0n) is 10.0. The summed E-state index contributed by atoms with van der Waals surface area (Å²) in [5.74, 6) is -3.07. The van der Waals surface area contributed by atoms with Crippen LogP contribution in [-0.2, 0) is 4.79 Å². The van der Waals surface area contributed by atoms with Crippen LogP contribution in [0, 0.1) is 5.92 Å². The first kappa shape index (κ1) is 15.3. The van der Waals surface area contributed by atoms with Crippen LogP contribution in [0.4, 0.5) is 13.2 Å². The van der Waals surface area contributed by atoms with Crippen LogP contribution >= 0.6 is 0 Å². The first-order chi connectivity index (χ1) is 8.76. The van der Waals surface area contributed by atoms with Gasteiger partial charge in [0.2, 0.25) is 0 Å². The number of para-hydroxylation sites is 1. The molecule has 0 aliphatic rings. The fourth-order valence-electron chi connectivity index (χ4n) is 1.69. The van der Waals surface area contributed by atoms with Crippen molar-refractivity contribution in [2.45, 2.75) is 25.8 Å². The van der Waals surface area contributed by atoms with E-state index in [2.05, 4.69) is 4.74 Å². The highest BCUT2D eigenvalue weighted by molar-refractivity contribution is 5.71. The third-order valence-corrected chi connectivity index (χ3v) is 2.60. The van der Waals surface area contributed by atoms with Crippen molar-refractivity contribution in [3.05, 3.63) is 29.8 Å². The average molecular weight is 278 g/mol. The lowest BCUT2D eigenvalue weighted by molar-refractivity contribution is -0.275. The molecular weight excluding hydrogens is 265 g/mol. The van der Waals surface area contributed by atoms with Gasteiger partial charge >= 0.3 is 12.3 Å². The summed E-state index contributed by atoms with van der Waals surface area (Å²) >= 11 is 0. The number of aliphatic carboxylic acids is 1. The normalized spacial score (nSPS) is 14.8. The number of alkyl halides is 3. The maximum Gasteiger partial charge on any atom is 0.573 e. The first-order valence-electron chi connectivity index (χ1n) is 5.51. The lowest BCUT2D eigenvalue weighted by Crippen LogP contribution is -2.23. The SMILES string of the molecule is CCC(C(=O)O)C(O)c1ccccc1OC(F)(F)F. The van der Waals surface area contributed by atoms with Gasteiger partial charge in [-0.3, -0.25) is 4.79 Å². The molecule has 0 spiro atoms. The molecule has 4 nitrogen and oxygen atoms in total. The molecule has 1 aromatic carbocycles. The topological polar surface area (TPSA) is 66.8 Å². The fraction of sp³-hybridized carbons (Fsp3) is 0.417. The molecule has 0 heterocycles. The van der Waals surface area contributed by atoms with E-state index in [9.17, 15) is 23.1 Å². The van der Waals surface area contributed by atoms with Gasteiger partial charge in [0.15, 0.2) is 0 Å². The molecule has 19 heavy (non-hydrogen) atoms. The van der Waals surface area contributed by atoms with E-state index < -0.39 is 30.1 Å². The number of halogens is 3. The number of hydrogen-bond acceptors (Lipinski definition) is 3. The standard InChI is InChI=1S/C12H13F3O4/c1-2-7(11(17)18)10(16)8-5-3-4-6-9(8)19-12(13,14)15/h3-7,10,16H,2H2,1H3,(H,17,18). The predicted molar refractivity (Wildman–Crippen MR) is 59.5 cm³/mol. The molecule has 2 N–H and O–H groups in total. The van der Waals surface area contributed by atoms with E-state index in [0.717, 1.165) is 6.07 Å². The number of aliphatic hydroxyl groups is 1. The van der Waals surface area contributed by atoms with Gasteiger partial charge in [-0.15, -0.1) is 13.2 Å². The van der Waals surface area contributed by atoms with E-state index in [0.29, 0.717) is 0 Å². The van der Waals surface area contributed by atoms with Crippen molar-refractivity contribution in [2.75, 3.05) is 0 Å². The van der Waals surface area contributed by atoms with Crippen LogP contribution in [0.3, 0.4) is 0 Å². The minimum Gasteiger partial charge on any atom is -0.481 e. The summed E-state index contributed by atoms with van der Waals surface area (Å²) in [7, 11) is 0. The number of benzene rings is 1. The summed E-state index contributed by atoms with van der Waals surface area (Å²) < 4.78 is 40.4. The number of hydrogen-bond donors (Lipinski definition) is 2. The van der Waals surface area contributed by atoms with Crippen molar-refractivity contribution in [3.8, 4) is 5.75 Å². The second-order valence-electron chi connectivity index (χ2n) is 3.88. The summed E-state index contributed by atoms with van der Waals surface area (Å²) in [5, 5.41) is 18.8. The van der Waals surface area contributed by atoms with Gasteiger partial charge in [0, 0.05) is 5.56 Å². The van der Waals surface area contributed by atoms with Gasteiger partial charge < -0.3 is 14.9 Å². The lowest BCUT2D eigenvalue weighted by Gasteiger charge is -2.21. The molecular formula is C12H13F3O4. The van der Waals surface area contributed by atoms with Gasteiger partial charge in [-0.2, -0.15) is 0 Å². The highest BCUT2D eigenvalue weighted by Crippen LogP contribution is 2.34. The van der Waals surface area contributed by atoms with E-state index in [4.69, 9.17) is 5.11 Å². The Morgan fingerprint density at radius 1 is 1.37 bits per heavy atom. The summed E-state index contributed by atoms with van der Waals surface area (Å²) in [6.45, 7) is 1.52. The molecule has 106 valence electrons. The molecule has 0 aliphatic carbocycles. The number of rotatable bonds is 5. The molecule has 0 aliphatic heterocycles. The molecule has 0 radical (unpaired) electrons. The maximum atomic E-state index is 12.2. The monoisotopic (exact) mass is 278 g/mol. The average Bonchev–Trinajstić information content (AvgIpc) is 2.27. The van der Waals surface area contributed by atoms with Crippen LogP contribution in [0.1, 0.15) is 25.0 Å². The zero-order valence-corrected chi connectivity index (χ0v) is 10.0. The summed E-state index contributed by atoms with van der Waals surface area (Å²) in [6.07, 6.45) is -6.39. The van der Waals surface area contributed by atoms with Gasteiger partial charge in [-0.25, -0.2) is 0 Å². The van der Waals surface area contributed by atoms with Crippen molar-refractivity contribution in [1.29, 1.82) is 0 Å². The third kappa shape index (κ3) is 4.13. The molecule has 0 bridgehead atoms. The van der Waals surface area contributed by atoms with Crippen molar-refractivity contribution < 1.29 is 32.9 Å². The van der Waals surface area contributed by atoms with Gasteiger partial charge in [0.25, 0.3) is 0 Å². The molecule has 7 heteroatoms. The van der Waals surface area contributed by atoms with Crippen molar-refractivity contribution >= 4 is 5.97 Å². The van der Waals surface area contributed by atoms with Crippen LogP contribution in [0.15, 0.2) is 24.3 Å². The largest absolute Gasteiger partial charge is 0.573 e. The van der Waals surface area contributed by atoms with Gasteiger partial charge in [0.05, 0.1) is 12.0 Å². The highest BCUT2D eigenvalue weighted by Gasteiger charge is 2.34. The predicted octanol–water partition coefficient (Wildman–Crippen LogP) is 2.73. The summed E-state index contributed by atoms with van der Waals surface area (Å²) in [5.41, 5.74) is -0.200. The maximum absolute atomic E-state index is 12.2. The number of aliphatic hydroxyl groups excluding tert-OH is 1.